The highest BCUT2D eigenvalue weighted by Gasteiger charge is 2.08. The van der Waals surface area contributed by atoms with E-state index in [0.29, 0.717) is 11.4 Å². The Hall–Kier alpha value is -1.71. The van der Waals surface area contributed by atoms with Gasteiger partial charge in [-0.2, -0.15) is 5.21 Å². The number of aromatic nitrogens is 4. The largest absolute Gasteiger partial charge is 0.204 e. The lowest BCUT2D eigenvalue weighted by atomic mass is 10.0. The van der Waals surface area contributed by atoms with E-state index in [1.54, 1.807) is 0 Å². The van der Waals surface area contributed by atoms with E-state index in [-0.39, 0.29) is 0 Å². The zero-order valence-corrected chi connectivity index (χ0v) is 8.54. The van der Waals surface area contributed by atoms with Crippen LogP contribution in [0.15, 0.2) is 30.4 Å². The van der Waals surface area contributed by atoms with Crippen LogP contribution < -0.4 is 0 Å². The van der Waals surface area contributed by atoms with Gasteiger partial charge in [0, 0.05) is 5.57 Å². The predicted molar refractivity (Wildman–Crippen MR) is 56.4 cm³/mol. The van der Waals surface area contributed by atoms with Crippen molar-refractivity contribution in [1.82, 2.24) is 20.6 Å². The Kier molecular flexibility index (Phi) is 3.34. The summed E-state index contributed by atoms with van der Waals surface area (Å²) >= 11 is 0. The second-order valence-electron chi connectivity index (χ2n) is 2.99. The van der Waals surface area contributed by atoms with Crippen LogP contribution in [-0.4, -0.2) is 20.6 Å². The van der Waals surface area contributed by atoms with E-state index in [1.807, 2.05) is 6.92 Å². The Morgan fingerprint density at radius 1 is 1.50 bits per heavy atom. The van der Waals surface area contributed by atoms with Gasteiger partial charge in [0.15, 0.2) is 0 Å². The lowest BCUT2D eigenvalue weighted by Crippen LogP contribution is -1.92. The Labute approximate surface area is 83.4 Å². The second-order valence-corrected chi connectivity index (χ2v) is 2.99. The fraction of sp³-hybridized carbons (Fsp3) is 0.300. The molecule has 0 aliphatic heterocycles. The van der Waals surface area contributed by atoms with Gasteiger partial charge < -0.3 is 0 Å². The number of nitrogens with zero attached hydrogens (tertiary/aromatic N) is 3. The lowest BCUT2D eigenvalue weighted by molar-refractivity contribution is 0.881. The van der Waals surface area contributed by atoms with Crippen molar-refractivity contribution in [2.75, 3.05) is 0 Å². The molecule has 0 unspecified atom stereocenters. The van der Waals surface area contributed by atoms with Crippen LogP contribution >= 0.6 is 0 Å². The monoisotopic (exact) mass is 190 g/mol. The quantitative estimate of drug-likeness (QED) is 0.740. The van der Waals surface area contributed by atoms with Crippen molar-refractivity contribution in [3.63, 3.8) is 0 Å². The molecule has 0 atom stereocenters. The molecule has 0 spiro atoms. The van der Waals surface area contributed by atoms with Gasteiger partial charge in [-0.05, 0) is 29.7 Å². The van der Waals surface area contributed by atoms with Gasteiger partial charge in [0.2, 0.25) is 5.82 Å². The number of hydrogen-bond donors (Lipinski definition) is 1. The van der Waals surface area contributed by atoms with Crippen molar-refractivity contribution in [1.29, 1.82) is 0 Å². The summed E-state index contributed by atoms with van der Waals surface area (Å²) in [5.41, 5.74) is 2.66. The van der Waals surface area contributed by atoms with Crippen LogP contribution in [0.25, 0.3) is 5.57 Å². The van der Waals surface area contributed by atoms with E-state index in [9.17, 15) is 0 Å². The zero-order chi connectivity index (χ0) is 10.6. The first-order valence-electron chi connectivity index (χ1n) is 4.46. The summed E-state index contributed by atoms with van der Waals surface area (Å²) in [4.78, 5) is 0. The number of aromatic amines is 1. The molecule has 1 aromatic heterocycles. The molecule has 1 aromatic rings. The minimum atomic E-state index is 0.499. The topological polar surface area (TPSA) is 54.5 Å². The van der Waals surface area contributed by atoms with E-state index < -0.39 is 0 Å². The third-order valence-electron chi connectivity index (χ3n) is 1.97. The maximum absolute atomic E-state index is 3.94. The molecule has 0 amide bonds. The Morgan fingerprint density at radius 2 is 2.21 bits per heavy atom. The standard InChI is InChI=1S/C10H14N4/c1-5-6-7(2)8(3)9(4)10-11-13-14-12-10/h6H,3-5H2,1-2H3,(H,11,12,13,14)/b7-6+. The highest BCUT2D eigenvalue weighted by molar-refractivity contribution is 5.77. The molecule has 74 valence electrons. The molecule has 0 radical (unpaired) electrons. The molecular formula is C10H14N4. The average Bonchev–Trinajstić information content (AvgIpc) is 2.68. The van der Waals surface area contributed by atoms with Crippen molar-refractivity contribution in [2.24, 2.45) is 0 Å². The summed E-state index contributed by atoms with van der Waals surface area (Å²) in [7, 11) is 0. The van der Waals surface area contributed by atoms with Crippen molar-refractivity contribution in [2.45, 2.75) is 20.3 Å². The van der Waals surface area contributed by atoms with Crippen LogP contribution in [0, 0.1) is 0 Å². The fourth-order valence-electron chi connectivity index (χ4n) is 1.09. The van der Waals surface area contributed by atoms with Gasteiger partial charge >= 0.3 is 0 Å². The summed E-state index contributed by atoms with van der Waals surface area (Å²) in [6.45, 7) is 11.9. The van der Waals surface area contributed by atoms with Crippen LogP contribution in [0.4, 0.5) is 0 Å². The van der Waals surface area contributed by atoms with Crippen LogP contribution in [0.1, 0.15) is 26.1 Å². The van der Waals surface area contributed by atoms with Gasteiger partial charge in [0.05, 0.1) is 0 Å². The summed E-state index contributed by atoms with van der Waals surface area (Å²) < 4.78 is 0. The number of H-pyrrole nitrogens is 1. The van der Waals surface area contributed by atoms with Crippen molar-refractivity contribution >= 4 is 5.57 Å². The summed E-state index contributed by atoms with van der Waals surface area (Å²) in [6, 6.07) is 0. The normalized spacial score (nSPS) is 11.4. The minimum absolute atomic E-state index is 0.499. The first-order chi connectivity index (χ1) is 6.66. The minimum Gasteiger partial charge on any atom is -0.177 e. The predicted octanol–water partition coefficient (Wildman–Crippen LogP) is 2.13. The summed E-state index contributed by atoms with van der Waals surface area (Å²) in [6.07, 6.45) is 3.07. The highest BCUT2D eigenvalue weighted by atomic mass is 15.5. The maximum Gasteiger partial charge on any atom is 0.204 e. The van der Waals surface area contributed by atoms with E-state index in [4.69, 9.17) is 0 Å². The Bertz CT molecular complexity index is 359. The van der Waals surface area contributed by atoms with E-state index >= 15 is 0 Å². The number of rotatable bonds is 4. The van der Waals surface area contributed by atoms with Gasteiger partial charge in [0.1, 0.15) is 0 Å². The van der Waals surface area contributed by atoms with Gasteiger partial charge in [-0.3, -0.25) is 0 Å². The molecule has 1 rings (SSSR count). The first-order valence-corrected chi connectivity index (χ1v) is 4.46. The number of nitrogens with one attached hydrogen (secondary N) is 1. The molecule has 0 bridgehead atoms. The molecule has 0 aliphatic rings. The Morgan fingerprint density at radius 3 is 2.71 bits per heavy atom. The van der Waals surface area contributed by atoms with Crippen molar-refractivity contribution in [3.05, 3.63) is 36.2 Å². The molecule has 1 heterocycles. The zero-order valence-electron chi connectivity index (χ0n) is 8.54. The van der Waals surface area contributed by atoms with Gasteiger partial charge in [-0.1, -0.05) is 26.2 Å². The molecule has 4 heteroatoms. The van der Waals surface area contributed by atoms with Crippen LogP contribution in [0.2, 0.25) is 0 Å². The molecule has 0 aliphatic carbocycles. The molecule has 4 nitrogen and oxygen atoms in total. The summed E-state index contributed by atoms with van der Waals surface area (Å²) in [5, 5.41) is 13.5. The maximum atomic E-state index is 3.94. The average molecular weight is 190 g/mol. The van der Waals surface area contributed by atoms with E-state index in [2.05, 4.69) is 46.8 Å². The number of allylic oxidation sites excluding steroid dienone is 4. The third-order valence-corrected chi connectivity index (χ3v) is 1.97. The van der Waals surface area contributed by atoms with Crippen LogP contribution in [0.3, 0.4) is 0 Å². The van der Waals surface area contributed by atoms with E-state index in [0.717, 1.165) is 17.6 Å². The SMILES string of the molecule is C=C(C(=C)c1nn[nH]n1)/C(C)=C/CC. The fourth-order valence-corrected chi connectivity index (χ4v) is 1.09. The number of hydrogen-bond acceptors (Lipinski definition) is 3. The molecule has 1 N–H and O–H groups in total. The highest BCUT2D eigenvalue weighted by Crippen LogP contribution is 2.21. The molecule has 14 heavy (non-hydrogen) atoms. The Balaban J connectivity index is 2.82. The lowest BCUT2D eigenvalue weighted by Gasteiger charge is -2.05. The van der Waals surface area contributed by atoms with Crippen molar-refractivity contribution < 1.29 is 0 Å². The molecule has 0 fully saturated rings. The van der Waals surface area contributed by atoms with Crippen LogP contribution in [0.5, 0.6) is 0 Å². The summed E-state index contributed by atoms with van der Waals surface area (Å²) in [5.74, 6) is 0.499. The molecule has 0 saturated carbocycles. The second kappa shape index (κ2) is 4.50. The smallest absolute Gasteiger partial charge is 0.177 e. The third kappa shape index (κ3) is 2.16. The van der Waals surface area contributed by atoms with Gasteiger partial charge in [-0.25, -0.2) is 0 Å². The van der Waals surface area contributed by atoms with Crippen LogP contribution in [-0.2, 0) is 0 Å². The first kappa shape index (κ1) is 10.4. The molecule has 0 saturated heterocycles. The van der Waals surface area contributed by atoms with Gasteiger partial charge in [-0.15, -0.1) is 10.2 Å². The van der Waals surface area contributed by atoms with Crippen molar-refractivity contribution in [3.8, 4) is 0 Å². The van der Waals surface area contributed by atoms with Gasteiger partial charge in [0.25, 0.3) is 0 Å². The van der Waals surface area contributed by atoms with E-state index in [1.165, 1.54) is 0 Å². The number of tetrazole rings is 1. The molecule has 0 aromatic carbocycles. The molecular weight excluding hydrogens is 176 g/mol.